The summed E-state index contributed by atoms with van der Waals surface area (Å²) in [5.74, 6) is -0.181. The fourth-order valence-corrected chi connectivity index (χ4v) is 3.14. The molecular formula is C14H14N2O2S. The van der Waals surface area contributed by atoms with Crippen LogP contribution in [0.3, 0.4) is 0 Å². The van der Waals surface area contributed by atoms with Crippen molar-refractivity contribution in [2.45, 2.75) is 25.9 Å². The SMILES string of the molecule is CC1NC(=O)C(C)N(c2ccc3sccc3c2)C1=O. The molecule has 2 unspecified atom stereocenters. The maximum absolute atomic E-state index is 12.3. The van der Waals surface area contributed by atoms with Gasteiger partial charge in [0.05, 0.1) is 0 Å². The van der Waals surface area contributed by atoms with Crippen molar-refractivity contribution in [3.63, 3.8) is 0 Å². The van der Waals surface area contributed by atoms with E-state index in [0.29, 0.717) is 0 Å². The Hall–Kier alpha value is -1.88. The van der Waals surface area contributed by atoms with Crippen LogP contribution in [0.2, 0.25) is 0 Å². The van der Waals surface area contributed by atoms with E-state index in [1.165, 1.54) is 4.70 Å². The molecule has 1 aliphatic rings. The van der Waals surface area contributed by atoms with Gasteiger partial charge in [0.2, 0.25) is 11.8 Å². The van der Waals surface area contributed by atoms with Crippen molar-refractivity contribution in [1.29, 1.82) is 0 Å². The standard InChI is InChI=1S/C14H14N2O2S/c1-8-14(18)16(9(2)13(17)15-8)11-3-4-12-10(7-11)5-6-19-12/h3-9H,1-2H3,(H,15,17). The molecule has 2 heterocycles. The fraction of sp³-hybridized carbons (Fsp3) is 0.286. The van der Waals surface area contributed by atoms with Crippen molar-refractivity contribution in [1.82, 2.24) is 5.32 Å². The number of benzene rings is 1. The van der Waals surface area contributed by atoms with Gasteiger partial charge < -0.3 is 5.32 Å². The number of carbonyl (C=O) groups excluding carboxylic acids is 2. The molecule has 1 fully saturated rings. The first kappa shape index (κ1) is 12.2. The summed E-state index contributed by atoms with van der Waals surface area (Å²) in [6.07, 6.45) is 0. The second-order valence-corrected chi connectivity index (χ2v) is 5.70. The molecule has 1 aliphatic heterocycles. The number of nitrogens with zero attached hydrogens (tertiary/aromatic N) is 1. The first-order chi connectivity index (χ1) is 9.08. The second-order valence-electron chi connectivity index (χ2n) is 4.76. The highest BCUT2D eigenvalue weighted by Gasteiger charge is 2.36. The van der Waals surface area contributed by atoms with Crippen LogP contribution < -0.4 is 10.2 Å². The summed E-state index contributed by atoms with van der Waals surface area (Å²) in [6, 6.07) is 6.93. The van der Waals surface area contributed by atoms with Gasteiger partial charge in [-0.2, -0.15) is 0 Å². The molecule has 0 saturated carbocycles. The van der Waals surface area contributed by atoms with Crippen LogP contribution in [0, 0.1) is 0 Å². The van der Waals surface area contributed by atoms with Gasteiger partial charge in [-0.15, -0.1) is 11.3 Å². The number of anilines is 1. The summed E-state index contributed by atoms with van der Waals surface area (Å²) in [4.78, 5) is 25.7. The van der Waals surface area contributed by atoms with Gasteiger partial charge in [-0.25, -0.2) is 0 Å². The third-order valence-electron chi connectivity index (χ3n) is 3.45. The summed E-state index contributed by atoms with van der Waals surface area (Å²) in [7, 11) is 0. The van der Waals surface area contributed by atoms with Gasteiger partial charge in [0, 0.05) is 10.4 Å². The number of hydrogen-bond donors (Lipinski definition) is 1. The quantitative estimate of drug-likeness (QED) is 0.866. The minimum atomic E-state index is -0.472. The Kier molecular flexibility index (Phi) is 2.78. The fourth-order valence-electron chi connectivity index (χ4n) is 2.37. The van der Waals surface area contributed by atoms with Gasteiger partial charge in [0.25, 0.3) is 0 Å². The molecule has 1 saturated heterocycles. The van der Waals surface area contributed by atoms with E-state index < -0.39 is 12.1 Å². The molecule has 2 atom stereocenters. The van der Waals surface area contributed by atoms with Crippen LogP contribution >= 0.6 is 11.3 Å². The topological polar surface area (TPSA) is 49.4 Å². The van der Waals surface area contributed by atoms with E-state index in [4.69, 9.17) is 0 Å². The average molecular weight is 274 g/mol. The van der Waals surface area contributed by atoms with Gasteiger partial charge in [0.1, 0.15) is 12.1 Å². The summed E-state index contributed by atoms with van der Waals surface area (Å²) >= 11 is 1.66. The predicted octanol–water partition coefficient (Wildman–Crippen LogP) is 2.14. The van der Waals surface area contributed by atoms with Gasteiger partial charge in [-0.05, 0) is 48.9 Å². The van der Waals surface area contributed by atoms with Gasteiger partial charge in [0.15, 0.2) is 0 Å². The maximum Gasteiger partial charge on any atom is 0.250 e. The van der Waals surface area contributed by atoms with Crippen molar-refractivity contribution in [2.24, 2.45) is 0 Å². The lowest BCUT2D eigenvalue weighted by Crippen LogP contribution is -2.61. The molecule has 0 bridgehead atoms. The van der Waals surface area contributed by atoms with Gasteiger partial charge in [-0.3, -0.25) is 14.5 Å². The number of piperazine rings is 1. The Balaban J connectivity index is 2.07. The summed E-state index contributed by atoms with van der Waals surface area (Å²) in [5.41, 5.74) is 0.783. The van der Waals surface area contributed by atoms with E-state index in [1.54, 1.807) is 30.1 Å². The molecule has 19 heavy (non-hydrogen) atoms. The minimum absolute atomic E-state index is 0.0679. The molecule has 1 aromatic carbocycles. The van der Waals surface area contributed by atoms with Crippen molar-refractivity contribution < 1.29 is 9.59 Å². The molecule has 98 valence electrons. The highest BCUT2D eigenvalue weighted by atomic mass is 32.1. The second kappa shape index (κ2) is 4.35. The smallest absolute Gasteiger partial charge is 0.250 e. The minimum Gasteiger partial charge on any atom is -0.343 e. The summed E-state index contributed by atoms with van der Waals surface area (Å²) < 4.78 is 1.18. The monoisotopic (exact) mass is 274 g/mol. The lowest BCUT2D eigenvalue weighted by Gasteiger charge is -2.36. The molecule has 1 N–H and O–H groups in total. The van der Waals surface area contributed by atoms with Crippen LogP contribution in [0.1, 0.15) is 13.8 Å². The molecular weight excluding hydrogens is 260 g/mol. The Labute approximate surface area is 115 Å². The van der Waals surface area contributed by atoms with Crippen LogP contribution in [0.15, 0.2) is 29.6 Å². The maximum atomic E-state index is 12.3. The molecule has 3 rings (SSSR count). The lowest BCUT2D eigenvalue weighted by molar-refractivity contribution is -0.133. The summed E-state index contributed by atoms with van der Waals surface area (Å²) in [6.45, 7) is 3.46. The van der Waals surface area contributed by atoms with Crippen LogP contribution in [0.25, 0.3) is 10.1 Å². The molecule has 4 nitrogen and oxygen atoms in total. The van der Waals surface area contributed by atoms with Crippen molar-refractivity contribution in [3.05, 3.63) is 29.6 Å². The Morgan fingerprint density at radius 3 is 2.79 bits per heavy atom. The first-order valence-corrected chi connectivity index (χ1v) is 7.06. The van der Waals surface area contributed by atoms with Crippen LogP contribution in [0.4, 0.5) is 5.69 Å². The van der Waals surface area contributed by atoms with Crippen molar-refractivity contribution in [2.75, 3.05) is 4.90 Å². The zero-order valence-electron chi connectivity index (χ0n) is 10.7. The third-order valence-corrected chi connectivity index (χ3v) is 4.35. The van der Waals surface area contributed by atoms with Gasteiger partial charge in [-0.1, -0.05) is 0 Å². The lowest BCUT2D eigenvalue weighted by atomic mass is 10.1. The van der Waals surface area contributed by atoms with Crippen LogP contribution in [0.5, 0.6) is 0 Å². The normalized spacial score (nSPS) is 23.8. The largest absolute Gasteiger partial charge is 0.343 e. The van der Waals surface area contributed by atoms with Gasteiger partial charge >= 0.3 is 0 Å². The number of nitrogens with one attached hydrogen (secondary N) is 1. The van der Waals surface area contributed by atoms with Crippen LogP contribution in [-0.2, 0) is 9.59 Å². The molecule has 0 radical (unpaired) electrons. The molecule has 5 heteroatoms. The van der Waals surface area contributed by atoms with E-state index in [-0.39, 0.29) is 11.8 Å². The van der Waals surface area contributed by atoms with E-state index in [0.717, 1.165) is 11.1 Å². The molecule has 2 amide bonds. The Morgan fingerprint density at radius 2 is 2.00 bits per heavy atom. The van der Waals surface area contributed by atoms with E-state index in [2.05, 4.69) is 5.32 Å². The number of amides is 2. The number of rotatable bonds is 1. The third kappa shape index (κ3) is 1.90. The highest BCUT2D eigenvalue weighted by molar-refractivity contribution is 7.17. The summed E-state index contributed by atoms with van der Waals surface area (Å²) in [5, 5.41) is 5.80. The number of hydrogen-bond acceptors (Lipinski definition) is 3. The zero-order valence-corrected chi connectivity index (χ0v) is 11.5. The number of carbonyl (C=O) groups is 2. The molecule has 0 aliphatic carbocycles. The molecule has 0 spiro atoms. The first-order valence-electron chi connectivity index (χ1n) is 6.18. The highest BCUT2D eigenvalue weighted by Crippen LogP contribution is 2.28. The zero-order chi connectivity index (χ0) is 13.6. The Bertz CT molecular complexity index is 664. The Morgan fingerprint density at radius 1 is 1.21 bits per heavy atom. The van der Waals surface area contributed by atoms with Crippen molar-refractivity contribution in [3.8, 4) is 0 Å². The van der Waals surface area contributed by atoms with Crippen molar-refractivity contribution >= 4 is 38.9 Å². The number of fused-ring (bicyclic) bond motifs is 1. The molecule has 2 aromatic rings. The van der Waals surface area contributed by atoms with Crippen LogP contribution in [-0.4, -0.2) is 23.9 Å². The van der Waals surface area contributed by atoms with E-state index in [9.17, 15) is 9.59 Å². The van der Waals surface area contributed by atoms with E-state index >= 15 is 0 Å². The number of thiophene rings is 1. The molecule has 1 aromatic heterocycles. The average Bonchev–Trinajstić information content (AvgIpc) is 2.84. The predicted molar refractivity (Wildman–Crippen MR) is 76.4 cm³/mol. The van der Waals surface area contributed by atoms with E-state index in [1.807, 2.05) is 29.6 Å².